The second-order valence-electron chi connectivity index (χ2n) is 8.01. The molecule has 1 aromatic heterocycles. The second kappa shape index (κ2) is 11.9. The first kappa shape index (κ1) is 22.5. The molecule has 30 heavy (non-hydrogen) atoms. The molecule has 0 atom stereocenters. The molecule has 6 heteroatoms. The summed E-state index contributed by atoms with van der Waals surface area (Å²) in [7, 11) is 0. The first-order valence-corrected chi connectivity index (χ1v) is 11.4. The van der Waals surface area contributed by atoms with Crippen molar-refractivity contribution < 1.29 is 14.4 Å². The van der Waals surface area contributed by atoms with Gasteiger partial charge in [-0.2, -0.15) is 0 Å². The van der Waals surface area contributed by atoms with Gasteiger partial charge in [-0.15, -0.1) is 0 Å². The second-order valence-corrected chi connectivity index (χ2v) is 8.01. The smallest absolute Gasteiger partial charge is 0.243 e. The number of fused-ring (bicyclic) bond motifs is 1. The van der Waals surface area contributed by atoms with E-state index in [0.717, 1.165) is 62.0 Å². The Bertz CT molecular complexity index is 803. The maximum Gasteiger partial charge on any atom is 0.243 e. The number of pyridine rings is 1. The maximum absolute atomic E-state index is 11.2. The molecule has 1 aliphatic rings. The lowest BCUT2D eigenvalue weighted by Gasteiger charge is -2.32. The minimum absolute atomic E-state index is 0.0752. The number of hydrogen-bond donors (Lipinski definition) is 1. The van der Waals surface area contributed by atoms with Crippen molar-refractivity contribution in [2.75, 3.05) is 26.2 Å². The normalized spacial score (nSPS) is 15.4. The third-order valence-corrected chi connectivity index (χ3v) is 5.60. The Morgan fingerprint density at radius 2 is 2.07 bits per heavy atom. The van der Waals surface area contributed by atoms with Gasteiger partial charge in [-0.05, 0) is 55.9 Å². The highest BCUT2D eigenvalue weighted by Crippen LogP contribution is 2.29. The number of carbonyl (C=O) groups excluding carboxylic acids is 1. The van der Waals surface area contributed by atoms with Crippen LogP contribution in [0.4, 0.5) is 0 Å². The fourth-order valence-corrected chi connectivity index (χ4v) is 3.83. The van der Waals surface area contributed by atoms with Gasteiger partial charge in [-0.25, -0.2) is 5.48 Å². The van der Waals surface area contributed by atoms with Crippen LogP contribution in [0.15, 0.2) is 30.5 Å². The van der Waals surface area contributed by atoms with E-state index >= 15 is 0 Å². The molecule has 1 saturated heterocycles. The van der Waals surface area contributed by atoms with Crippen LogP contribution < -0.4 is 10.2 Å². The van der Waals surface area contributed by atoms with E-state index in [-0.39, 0.29) is 12.0 Å². The molecule has 0 saturated carbocycles. The Labute approximate surface area is 179 Å². The first-order chi connectivity index (χ1) is 14.7. The summed E-state index contributed by atoms with van der Waals surface area (Å²) in [6.45, 7) is 7.60. The van der Waals surface area contributed by atoms with Gasteiger partial charge >= 0.3 is 0 Å². The summed E-state index contributed by atoms with van der Waals surface area (Å²) < 4.78 is 6.46. The topological polar surface area (TPSA) is 63.7 Å². The molecular formula is C24H35N3O3. The Morgan fingerprint density at radius 3 is 2.83 bits per heavy atom. The molecule has 0 unspecified atom stereocenters. The van der Waals surface area contributed by atoms with Crippen molar-refractivity contribution in [1.29, 1.82) is 0 Å². The van der Waals surface area contributed by atoms with Crippen LogP contribution in [-0.4, -0.2) is 48.1 Å². The highest BCUT2D eigenvalue weighted by atomic mass is 16.6. The van der Waals surface area contributed by atoms with Gasteiger partial charge < -0.3 is 9.64 Å². The van der Waals surface area contributed by atoms with Crippen LogP contribution in [0, 0.1) is 0 Å². The molecule has 1 amide bonds. The third kappa shape index (κ3) is 6.67. The Balaban J connectivity index is 1.48. The van der Waals surface area contributed by atoms with E-state index in [1.165, 1.54) is 18.4 Å². The summed E-state index contributed by atoms with van der Waals surface area (Å²) in [5.74, 6) is 0.853. The monoisotopic (exact) mass is 413 g/mol. The number of amides is 1. The van der Waals surface area contributed by atoms with Crippen LogP contribution in [0.3, 0.4) is 0 Å². The van der Waals surface area contributed by atoms with E-state index < -0.39 is 0 Å². The molecule has 1 fully saturated rings. The molecule has 164 valence electrons. The first-order valence-electron chi connectivity index (χ1n) is 11.4. The van der Waals surface area contributed by atoms with Crippen LogP contribution in [0.1, 0.15) is 57.9 Å². The van der Waals surface area contributed by atoms with Crippen molar-refractivity contribution in [2.45, 2.75) is 64.9 Å². The largest absolute Gasteiger partial charge is 0.488 e. The molecule has 1 aromatic carbocycles. The summed E-state index contributed by atoms with van der Waals surface area (Å²) in [5.41, 5.74) is 4.75. The lowest BCUT2D eigenvalue weighted by atomic mass is 10.0. The Hall–Kier alpha value is -2.18. The lowest BCUT2D eigenvalue weighted by Crippen LogP contribution is -2.39. The van der Waals surface area contributed by atoms with Crippen molar-refractivity contribution in [1.82, 2.24) is 15.4 Å². The highest BCUT2D eigenvalue weighted by molar-refractivity contribution is 5.85. The zero-order valence-corrected chi connectivity index (χ0v) is 18.4. The van der Waals surface area contributed by atoms with Gasteiger partial charge in [0.05, 0.1) is 6.61 Å². The van der Waals surface area contributed by atoms with E-state index in [4.69, 9.17) is 9.57 Å². The van der Waals surface area contributed by atoms with Gasteiger partial charge in [0.1, 0.15) is 17.4 Å². The summed E-state index contributed by atoms with van der Waals surface area (Å²) in [6, 6.07) is 8.56. The van der Waals surface area contributed by atoms with Crippen LogP contribution in [-0.2, 0) is 16.1 Å². The summed E-state index contributed by atoms with van der Waals surface area (Å²) in [4.78, 5) is 23.4. The van der Waals surface area contributed by atoms with Gasteiger partial charge in [0.25, 0.3) is 0 Å². The number of piperidine rings is 1. The minimum Gasteiger partial charge on any atom is -0.488 e. The zero-order valence-electron chi connectivity index (χ0n) is 18.4. The van der Waals surface area contributed by atoms with Gasteiger partial charge in [-0.3, -0.25) is 14.6 Å². The van der Waals surface area contributed by atoms with Gasteiger partial charge in [-0.1, -0.05) is 26.3 Å². The van der Waals surface area contributed by atoms with Gasteiger partial charge in [0.2, 0.25) is 5.91 Å². The summed E-state index contributed by atoms with van der Waals surface area (Å²) >= 11 is 0. The van der Waals surface area contributed by atoms with Crippen LogP contribution in [0.25, 0.3) is 10.9 Å². The van der Waals surface area contributed by atoms with Gasteiger partial charge in [0, 0.05) is 37.6 Å². The van der Waals surface area contributed by atoms with Crippen molar-refractivity contribution >= 4 is 16.8 Å². The summed E-state index contributed by atoms with van der Waals surface area (Å²) in [6.07, 6.45) is 8.91. The van der Waals surface area contributed by atoms with Crippen molar-refractivity contribution in [3.8, 4) is 5.75 Å². The van der Waals surface area contributed by atoms with E-state index in [0.29, 0.717) is 13.0 Å². The molecule has 0 aliphatic carbocycles. The van der Waals surface area contributed by atoms with Crippen molar-refractivity contribution in [3.63, 3.8) is 0 Å². The fraction of sp³-hybridized carbons (Fsp3) is 0.583. The average Bonchev–Trinajstić information content (AvgIpc) is 2.78. The fourth-order valence-electron chi connectivity index (χ4n) is 3.83. The van der Waals surface area contributed by atoms with Crippen LogP contribution in [0.2, 0.25) is 0 Å². The number of hydroxylamine groups is 1. The number of aryl methyl sites for hydroxylation is 1. The minimum atomic E-state index is -0.0752. The standard InChI is InChI=1S/C24H35N3O3/c1-3-5-8-19-17-20-9-6-12-25-24(20)22(18-19)30-21-10-14-27(15-11-21)13-7-16-29-26-23(28)4-2/h6,9,12,17-18,21H,3-5,7-8,10-11,13-16H2,1-2H3,(H,26,28). The lowest BCUT2D eigenvalue weighted by molar-refractivity contribution is -0.133. The number of aromatic nitrogens is 1. The number of likely N-dealkylation sites (tertiary alicyclic amines) is 1. The Morgan fingerprint density at radius 1 is 1.23 bits per heavy atom. The molecule has 0 bridgehead atoms. The molecular weight excluding hydrogens is 378 g/mol. The maximum atomic E-state index is 11.2. The SMILES string of the molecule is CCCCc1cc(OC2CCN(CCCONC(=O)CC)CC2)c2ncccc2c1. The molecule has 1 N–H and O–H groups in total. The number of ether oxygens (including phenoxy) is 1. The predicted octanol–water partition coefficient (Wildman–Crippen LogP) is 4.27. The molecule has 2 heterocycles. The molecule has 1 aliphatic heterocycles. The molecule has 0 spiro atoms. The molecule has 0 radical (unpaired) electrons. The van der Waals surface area contributed by atoms with E-state index in [1.807, 2.05) is 19.2 Å². The number of unbranched alkanes of at least 4 members (excludes halogenated alkanes) is 1. The van der Waals surface area contributed by atoms with Crippen LogP contribution in [0.5, 0.6) is 5.75 Å². The van der Waals surface area contributed by atoms with Crippen molar-refractivity contribution in [3.05, 3.63) is 36.0 Å². The predicted molar refractivity (Wildman–Crippen MR) is 119 cm³/mol. The number of nitrogens with one attached hydrogen (secondary N) is 1. The van der Waals surface area contributed by atoms with Gasteiger partial charge in [0.15, 0.2) is 0 Å². The number of rotatable bonds is 11. The number of nitrogens with zero attached hydrogens (tertiary/aromatic N) is 2. The average molecular weight is 414 g/mol. The number of hydrogen-bond acceptors (Lipinski definition) is 5. The highest BCUT2D eigenvalue weighted by Gasteiger charge is 2.21. The van der Waals surface area contributed by atoms with E-state index in [9.17, 15) is 4.79 Å². The number of benzene rings is 1. The molecule has 6 nitrogen and oxygen atoms in total. The molecule has 2 aromatic rings. The molecule has 3 rings (SSSR count). The van der Waals surface area contributed by atoms with E-state index in [2.05, 4.69) is 40.5 Å². The third-order valence-electron chi connectivity index (χ3n) is 5.60. The quantitative estimate of drug-likeness (QED) is 0.440. The van der Waals surface area contributed by atoms with Crippen molar-refractivity contribution in [2.24, 2.45) is 0 Å². The zero-order chi connectivity index (χ0) is 21.2. The summed E-state index contributed by atoms with van der Waals surface area (Å²) in [5, 5.41) is 1.16. The van der Waals surface area contributed by atoms with Crippen LogP contribution >= 0.6 is 0 Å². The number of carbonyl (C=O) groups is 1. The van der Waals surface area contributed by atoms with E-state index in [1.54, 1.807) is 0 Å². The Kier molecular flexibility index (Phi) is 8.90.